The van der Waals surface area contributed by atoms with E-state index in [1.54, 1.807) is 5.38 Å². The van der Waals surface area contributed by atoms with Gasteiger partial charge in [-0.1, -0.05) is 26.2 Å². The highest BCUT2D eigenvalue weighted by atomic mass is 32.2. The van der Waals surface area contributed by atoms with E-state index in [4.69, 9.17) is 57.3 Å². The monoisotopic (exact) mass is 1450 g/mol. The number of amides is 8. The van der Waals surface area contributed by atoms with Crippen molar-refractivity contribution in [2.75, 3.05) is 50.9 Å². The summed E-state index contributed by atoms with van der Waals surface area (Å²) in [5, 5.41) is 111. The van der Waals surface area contributed by atoms with E-state index in [9.17, 15) is 74.4 Å². The fourth-order valence-electron chi connectivity index (χ4n) is 11.4. The van der Waals surface area contributed by atoms with E-state index in [1.807, 2.05) is 0 Å². The lowest BCUT2D eigenvalue weighted by Crippen LogP contribution is -2.65. The van der Waals surface area contributed by atoms with Gasteiger partial charge < -0.3 is 135 Å². The molecule has 26 N–H and O–H groups in total. The molecule has 41 heteroatoms. The molecule has 4 aliphatic rings. The molecule has 3 aliphatic heterocycles. The molecule has 39 nitrogen and oxygen atoms in total. The van der Waals surface area contributed by atoms with Gasteiger partial charge in [-0.05, 0) is 46.6 Å². The number of carbonyl (C=O) groups is 8. The summed E-state index contributed by atoms with van der Waals surface area (Å²) in [6.07, 6.45) is -18.1. The third kappa shape index (κ3) is 21.4. The number of aliphatic hydroxyl groups is 8. The average molecular weight is 1450 g/mol. The van der Waals surface area contributed by atoms with Crippen LogP contribution in [-0.4, -0.2) is 267 Å². The second-order valence-corrected chi connectivity index (χ2v) is 26.7. The Labute approximate surface area is 581 Å². The molecule has 3 fully saturated rings. The van der Waals surface area contributed by atoms with E-state index in [0.29, 0.717) is 34.1 Å². The van der Waals surface area contributed by atoms with Gasteiger partial charge in [-0.3, -0.25) is 38.6 Å². The van der Waals surface area contributed by atoms with Gasteiger partial charge in [0.15, 0.2) is 18.7 Å². The molecular weight excluding hydrogens is 1360 g/mol. The molecule has 2 saturated heterocycles. The average Bonchev–Trinajstić information content (AvgIpc) is 0.808. The number of aromatic amines is 1. The zero-order chi connectivity index (χ0) is 73.2. The highest BCUT2D eigenvalue weighted by molar-refractivity contribution is 8.14. The molecule has 3 aromatic heterocycles. The van der Waals surface area contributed by atoms with Gasteiger partial charge in [-0.2, -0.15) is 0 Å². The van der Waals surface area contributed by atoms with Crippen molar-refractivity contribution in [1.82, 2.24) is 62.1 Å². The Morgan fingerprint density at radius 3 is 2.14 bits per heavy atom. The minimum atomic E-state index is -2.20. The summed E-state index contributed by atoms with van der Waals surface area (Å²) in [6.45, 7) is 4.04. The second-order valence-electron chi connectivity index (χ2n) is 24.7. The molecule has 20 atom stereocenters. The van der Waals surface area contributed by atoms with Crippen molar-refractivity contribution >= 4 is 81.4 Å². The summed E-state index contributed by atoms with van der Waals surface area (Å²) in [5.41, 5.74) is 27.6. The Hall–Kier alpha value is -7.30. The number of ether oxygens (including phenoxy) is 5. The van der Waals surface area contributed by atoms with Gasteiger partial charge in [-0.25, -0.2) is 24.7 Å². The van der Waals surface area contributed by atoms with Crippen LogP contribution in [0.4, 0.5) is 10.6 Å². The third-order valence-corrected chi connectivity index (χ3v) is 19.3. The van der Waals surface area contributed by atoms with Crippen LogP contribution in [0.25, 0.3) is 0 Å². The molecule has 0 bridgehead atoms. The van der Waals surface area contributed by atoms with Gasteiger partial charge in [0.1, 0.15) is 95.0 Å². The first kappa shape index (κ1) is 80.0. The highest BCUT2D eigenvalue weighted by Crippen LogP contribution is 2.36. The molecule has 6 heterocycles. The number of carbonyl (C=O) groups excluding carboxylic acids is 8. The number of nitrogen functional groups attached to an aromatic ring is 1. The number of thioether (sulfide) groups is 1. The summed E-state index contributed by atoms with van der Waals surface area (Å²) in [4.78, 5) is 131. The maximum Gasteiger partial charge on any atom is 0.404 e. The lowest BCUT2D eigenvalue weighted by molar-refractivity contribution is -0.372. The quantitative estimate of drug-likeness (QED) is 0.0241. The van der Waals surface area contributed by atoms with Crippen molar-refractivity contribution in [3.05, 3.63) is 51.4 Å². The summed E-state index contributed by atoms with van der Waals surface area (Å²) in [7, 11) is 0. The molecule has 0 aromatic carbocycles. The molecule has 3 aromatic rings. The third-order valence-electron chi connectivity index (χ3n) is 17.2. The van der Waals surface area contributed by atoms with E-state index in [0.717, 1.165) is 25.5 Å². The molecule has 7 rings (SSSR count). The number of imidazole rings is 1. The smallest absolute Gasteiger partial charge is 0.404 e. The number of hydrogen-bond acceptors (Lipinski definition) is 32. The Bertz CT molecular complexity index is 3280. The number of primary amides is 3. The number of anilines is 1. The topological polar surface area (TPSA) is 639 Å². The second kappa shape index (κ2) is 37.6. The standard InChI is InChI=1S/C59H92N18O21S2/c1-23-37(74-50(77-48(23)62)29(15-35(61)81)69-16-28(60)49(63)87)54(91)76-39(45(30-17-65-22-70-30)96-58-47(43(85)41(83)33(18-78)95-58)97-57-44(86)46(98-59(64)93)42(84)34(19-79)94-57)55(92)71-25(3)40(82)24(2)51(88)75-38(26(4)80)53(90)68-14-11-36-72-32(21-99-36)56-73-31(20-100-56)52(89)67-13-8-12-66-27-9-6-5-7-10-27/h17,20,22,24-29,32-34,38-47,57-58,66,69,78-80,82-86H,5-16,18-19,21,60H2,1-4H3,(H2,61,81)(H2,63,87)(H2,64,93)(H,65,70)(H,67,89)(H,68,90)(H,71,92)(H,75,88)(H,76,91)(H2,62,74,77)/t24-,25+,26+,28-,29-,32?,33-,34+,38-,39-,40-,41+,42+,43-,44-,45-,46-,47-,57+,58-/m0/s1. The van der Waals surface area contributed by atoms with Crippen molar-refractivity contribution in [2.45, 2.75) is 201 Å². The zero-order valence-corrected chi connectivity index (χ0v) is 56.9. The molecule has 1 saturated carbocycles. The number of hydrogen-bond donors (Lipinski definition) is 21. The summed E-state index contributed by atoms with van der Waals surface area (Å²) in [5.74, 6) is -8.07. The SMILES string of the molecule is Cc1c(N)nc([C@H](CC(N)=O)NC[C@H](N)C(N)=O)nc1C(=O)N[C@H](C(=O)N[C@H](C)[C@@H](O)[C@H](C)C(=O)N[C@H](C(=O)NCCC1=NC(c2nc(C(=O)NCCCNC3CCCCC3)cs2)CS1)[C@@H](C)O)[C@@H](O[C@@H]1O[C@@H](CO)[C@@H](O)[C@H](O)[C@@H]1O[C@H]1O[C@H](CO)[C@@H](O)[C@H](OC(N)=O)[C@@H]1O)c1cnc[nH]1. The van der Waals surface area contributed by atoms with E-state index in [-0.39, 0.29) is 54.4 Å². The van der Waals surface area contributed by atoms with E-state index >= 15 is 4.79 Å². The molecule has 556 valence electrons. The van der Waals surface area contributed by atoms with Crippen LogP contribution >= 0.6 is 23.1 Å². The molecule has 8 amide bonds. The minimum Gasteiger partial charge on any atom is -0.441 e. The Morgan fingerprint density at radius 2 is 1.49 bits per heavy atom. The van der Waals surface area contributed by atoms with E-state index in [2.05, 4.69) is 62.1 Å². The van der Waals surface area contributed by atoms with Gasteiger partial charge in [-0.15, -0.1) is 23.1 Å². The summed E-state index contributed by atoms with van der Waals surface area (Å²) < 4.78 is 28.8. The van der Waals surface area contributed by atoms with Gasteiger partial charge in [0.05, 0.1) is 72.7 Å². The molecule has 0 radical (unpaired) electrons. The van der Waals surface area contributed by atoms with Crippen LogP contribution in [0.1, 0.15) is 133 Å². The number of thiazole rings is 1. The van der Waals surface area contributed by atoms with Crippen molar-refractivity contribution in [1.29, 1.82) is 0 Å². The van der Waals surface area contributed by atoms with Gasteiger partial charge >= 0.3 is 6.09 Å². The van der Waals surface area contributed by atoms with Crippen LogP contribution < -0.4 is 65.9 Å². The van der Waals surface area contributed by atoms with Crippen molar-refractivity contribution in [3.8, 4) is 0 Å². The van der Waals surface area contributed by atoms with Crippen LogP contribution in [0.3, 0.4) is 0 Å². The normalized spacial score (nSPS) is 26.1. The van der Waals surface area contributed by atoms with Crippen LogP contribution in [0, 0.1) is 12.8 Å². The highest BCUT2D eigenvalue weighted by Gasteiger charge is 2.54. The Kier molecular flexibility index (Phi) is 30.1. The number of H-pyrrole nitrogens is 1. The first-order chi connectivity index (χ1) is 47.5. The Balaban J connectivity index is 1.08. The number of nitrogens with two attached hydrogens (primary N) is 5. The van der Waals surface area contributed by atoms with Crippen LogP contribution in [0.15, 0.2) is 22.9 Å². The molecule has 1 aliphatic carbocycles. The summed E-state index contributed by atoms with van der Waals surface area (Å²) >= 11 is 2.76. The number of rotatable bonds is 36. The predicted octanol–water partition coefficient (Wildman–Crippen LogP) is -6.75. The van der Waals surface area contributed by atoms with Gasteiger partial charge in [0.25, 0.3) is 11.8 Å². The van der Waals surface area contributed by atoms with Crippen molar-refractivity contribution < 1.29 is 103 Å². The fourth-order valence-corrected chi connectivity index (χ4v) is 13.3. The first-order valence-corrected chi connectivity index (χ1v) is 34.3. The molecule has 1 unspecified atom stereocenters. The van der Waals surface area contributed by atoms with E-state index in [1.165, 1.54) is 82.9 Å². The molecule has 100 heavy (non-hydrogen) atoms. The van der Waals surface area contributed by atoms with Crippen molar-refractivity contribution in [3.63, 3.8) is 0 Å². The lowest BCUT2D eigenvalue weighted by atomic mass is 9.95. The maximum absolute atomic E-state index is 15.2. The first-order valence-electron chi connectivity index (χ1n) is 32.4. The fraction of sp³-hybridized carbons (Fsp3) is 0.678. The minimum absolute atomic E-state index is 0.0270. The van der Waals surface area contributed by atoms with Crippen LogP contribution in [0.5, 0.6) is 0 Å². The summed E-state index contributed by atoms with van der Waals surface area (Å²) in [6, 6.07) is -7.63. The van der Waals surface area contributed by atoms with Crippen LogP contribution in [-0.2, 0) is 47.7 Å². The van der Waals surface area contributed by atoms with E-state index < -0.39 is 183 Å². The Morgan fingerprint density at radius 1 is 0.790 bits per heavy atom. The number of nitrogens with zero attached hydrogens (tertiary/aromatic N) is 5. The predicted molar refractivity (Wildman–Crippen MR) is 352 cm³/mol. The number of aliphatic hydroxyl groups excluding tert-OH is 8. The molecular formula is C59H92N18O21S2. The lowest BCUT2D eigenvalue weighted by Gasteiger charge is -2.47. The van der Waals surface area contributed by atoms with Crippen LogP contribution in [0.2, 0.25) is 0 Å². The molecule has 0 spiro atoms. The number of nitrogens with one attached hydrogen (secondary N) is 8. The largest absolute Gasteiger partial charge is 0.441 e. The maximum atomic E-state index is 15.2. The van der Waals surface area contributed by atoms with Gasteiger partial charge in [0.2, 0.25) is 29.5 Å². The van der Waals surface area contributed by atoms with Crippen molar-refractivity contribution in [2.24, 2.45) is 33.8 Å². The van der Waals surface area contributed by atoms with Gasteiger partial charge in [0, 0.05) is 55.2 Å². The number of aliphatic imine (C=N–C) groups is 1. The zero-order valence-electron chi connectivity index (χ0n) is 55.3. The number of aromatic nitrogens is 5.